The Bertz CT molecular complexity index is 547. The maximum absolute atomic E-state index is 13.4. The molecule has 2 amide bonds. The number of aliphatic carboxylic acids is 1. The van der Waals surface area contributed by atoms with E-state index in [9.17, 15) is 14.0 Å². The zero-order valence-electron chi connectivity index (χ0n) is 11.3. The first kappa shape index (κ1) is 15.8. The summed E-state index contributed by atoms with van der Waals surface area (Å²) in [6.07, 6.45) is 3.58. The molecule has 1 aliphatic rings. The van der Waals surface area contributed by atoms with Crippen molar-refractivity contribution in [3.05, 3.63) is 28.5 Å². The first-order chi connectivity index (χ1) is 9.97. The van der Waals surface area contributed by atoms with Crippen LogP contribution in [0.2, 0.25) is 0 Å². The largest absolute Gasteiger partial charge is 0.480 e. The van der Waals surface area contributed by atoms with Gasteiger partial charge in [0.25, 0.3) is 0 Å². The molecule has 1 aromatic carbocycles. The SMILES string of the molecule is O=C(O)CN(C(=O)Nc1ccc(Br)c(F)c1)C1CCCC1. The summed E-state index contributed by atoms with van der Waals surface area (Å²) < 4.78 is 13.7. The van der Waals surface area contributed by atoms with Gasteiger partial charge in [0.15, 0.2) is 0 Å². The smallest absolute Gasteiger partial charge is 0.323 e. The molecule has 1 fully saturated rings. The fourth-order valence-electron chi connectivity index (χ4n) is 2.50. The van der Waals surface area contributed by atoms with E-state index in [1.165, 1.54) is 17.0 Å². The summed E-state index contributed by atoms with van der Waals surface area (Å²) in [6, 6.07) is 3.66. The molecule has 0 aliphatic heterocycles. The molecule has 7 heteroatoms. The summed E-state index contributed by atoms with van der Waals surface area (Å²) in [5.41, 5.74) is 0.300. The van der Waals surface area contributed by atoms with Crippen LogP contribution >= 0.6 is 15.9 Å². The topological polar surface area (TPSA) is 69.6 Å². The Kier molecular flexibility index (Phi) is 5.17. The number of nitrogens with zero attached hydrogens (tertiary/aromatic N) is 1. The average Bonchev–Trinajstić information content (AvgIpc) is 2.93. The third kappa shape index (κ3) is 4.17. The molecule has 0 saturated heterocycles. The van der Waals surface area contributed by atoms with Crippen LogP contribution < -0.4 is 5.32 Å². The molecule has 0 radical (unpaired) electrons. The average molecular weight is 359 g/mol. The van der Waals surface area contributed by atoms with E-state index in [0.717, 1.165) is 25.7 Å². The number of urea groups is 1. The van der Waals surface area contributed by atoms with E-state index in [1.54, 1.807) is 6.07 Å². The second kappa shape index (κ2) is 6.89. The van der Waals surface area contributed by atoms with Crippen LogP contribution in [0.25, 0.3) is 0 Å². The molecule has 1 aliphatic carbocycles. The minimum absolute atomic E-state index is 0.0682. The minimum Gasteiger partial charge on any atom is -0.480 e. The van der Waals surface area contributed by atoms with Gasteiger partial charge in [0.1, 0.15) is 12.4 Å². The van der Waals surface area contributed by atoms with Gasteiger partial charge in [-0.25, -0.2) is 9.18 Å². The Labute approximate surface area is 130 Å². The molecular weight excluding hydrogens is 343 g/mol. The maximum atomic E-state index is 13.4. The quantitative estimate of drug-likeness (QED) is 0.865. The zero-order chi connectivity index (χ0) is 15.4. The molecule has 21 heavy (non-hydrogen) atoms. The number of carboxylic acids is 1. The molecule has 1 saturated carbocycles. The highest BCUT2D eigenvalue weighted by Gasteiger charge is 2.28. The Morgan fingerprint density at radius 3 is 2.62 bits per heavy atom. The monoisotopic (exact) mass is 358 g/mol. The van der Waals surface area contributed by atoms with Gasteiger partial charge in [-0.1, -0.05) is 12.8 Å². The van der Waals surface area contributed by atoms with Crippen molar-refractivity contribution in [1.82, 2.24) is 4.90 Å². The highest BCUT2D eigenvalue weighted by molar-refractivity contribution is 9.10. The lowest BCUT2D eigenvalue weighted by molar-refractivity contribution is -0.138. The lowest BCUT2D eigenvalue weighted by Gasteiger charge is -2.27. The molecule has 0 unspecified atom stereocenters. The van der Waals surface area contributed by atoms with Crippen LogP contribution in [0, 0.1) is 5.82 Å². The van der Waals surface area contributed by atoms with Crippen molar-refractivity contribution >= 4 is 33.6 Å². The standard InChI is InChI=1S/C14H16BrFN2O3/c15-11-6-5-9(7-12(11)16)17-14(21)18(8-13(19)20)10-3-1-2-4-10/h5-7,10H,1-4,8H2,(H,17,21)(H,19,20). The van der Waals surface area contributed by atoms with Crippen LogP contribution in [0.5, 0.6) is 0 Å². The van der Waals surface area contributed by atoms with Crippen LogP contribution in [0.1, 0.15) is 25.7 Å². The number of nitrogens with one attached hydrogen (secondary N) is 1. The van der Waals surface area contributed by atoms with Gasteiger partial charge >= 0.3 is 12.0 Å². The van der Waals surface area contributed by atoms with E-state index in [4.69, 9.17) is 5.11 Å². The van der Waals surface area contributed by atoms with E-state index in [2.05, 4.69) is 21.2 Å². The number of amides is 2. The molecule has 114 valence electrons. The highest BCUT2D eigenvalue weighted by atomic mass is 79.9. The fraction of sp³-hybridized carbons (Fsp3) is 0.429. The second-order valence-corrected chi connectivity index (χ2v) is 5.87. The summed E-state index contributed by atoms with van der Waals surface area (Å²) in [5, 5.41) is 11.5. The third-order valence-electron chi connectivity index (χ3n) is 3.50. The van der Waals surface area contributed by atoms with Crippen molar-refractivity contribution in [2.24, 2.45) is 0 Å². The summed E-state index contributed by atoms with van der Waals surface area (Å²) >= 11 is 3.04. The van der Waals surface area contributed by atoms with E-state index >= 15 is 0 Å². The predicted octanol–water partition coefficient (Wildman–Crippen LogP) is 3.45. The van der Waals surface area contributed by atoms with Crippen LogP contribution in [0.4, 0.5) is 14.9 Å². The molecule has 1 aromatic rings. The number of anilines is 1. The van der Waals surface area contributed by atoms with E-state index in [1.807, 2.05) is 0 Å². The molecule has 0 atom stereocenters. The van der Waals surface area contributed by atoms with Crippen molar-refractivity contribution in [2.45, 2.75) is 31.7 Å². The lowest BCUT2D eigenvalue weighted by atomic mass is 10.2. The molecular formula is C14H16BrFN2O3. The van der Waals surface area contributed by atoms with Gasteiger partial charge in [0.05, 0.1) is 4.47 Å². The van der Waals surface area contributed by atoms with Crippen molar-refractivity contribution in [3.63, 3.8) is 0 Å². The predicted molar refractivity (Wildman–Crippen MR) is 79.7 cm³/mol. The first-order valence-corrected chi connectivity index (χ1v) is 7.51. The van der Waals surface area contributed by atoms with Crippen molar-refractivity contribution in [3.8, 4) is 0 Å². The molecule has 0 heterocycles. The third-order valence-corrected chi connectivity index (χ3v) is 4.15. The lowest BCUT2D eigenvalue weighted by Crippen LogP contribution is -2.44. The van der Waals surface area contributed by atoms with Crippen LogP contribution in [-0.4, -0.2) is 34.6 Å². The number of halogens is 2. The van der Waals surface area contributed by atoms with Gasteiger partial charge in [0, 0.05) is 11.7 Å². The van der Waals surface area contributed by atoms with Gasteiger partial charge in [0.2, 0.25) is 0 Å². The van der Waals surface area contributed by atoms with Gasteiger partial charge < -0.3 is 15.3 Å². The molecule has 5 nitrogen and oxygen atoms in total. The van der Waals surface area contributed by atoms with Crippen LogP contribution in [0.3, 0.4) is 0 Å². The summed E-state index contributed by atoms with van der Waals surface area (Å²) in [4.78, 5) is 24.5. The number of benzene rings is 1. The Balaban J connectivity index is 2.09. The van der Waals surface area contributed by atoms with E-state index in [-0.39, 0.29) is 12.6 Å². The number of hydrogen-bond donors (Lipinski definition) is 2. The molecule has 0 bridgehead atoms. The van der Waals surface area contributed by atoms with Crippen molar-refractivity contribution < 1.29 is 19.1 Å². The van der Waals surface area contributed by atoms with Crippen LogP contribution in [-0.2, 0) is 4.79 Å². The van der Waals surface area contributed by atoms with Crippen LogP contribution in [0.15, 0.2) is 22.7 Å². The fourth-order valence-corrected chi connectivity index (χ4v) is 2.74. The normalized spacial score (nSPS) is 15.0. The molecule has 2 N–H and O–H groups in total. The van der Waals surface area contributed by atoms with Gasteiger partial charge in [-0.15, -0.1) is 0 Å². The maximum Gasteiger partial charge on any atom is 0.323 e. The minimum atomic E-state index is -1.06. The molecule has 0 spiro atoms. The zero-order valence-corrected chi connectivity index (χ0v) is 12.9. The molecule has 0 aromatic heterocycles. The van der Waals surface area contributed by atoms with Gasteiger partial charge in [-0.2, -0.15) is 0 Å². The number of carboxylic acid groups (broad SMARTS) is 1. The Hall–Kier alpha value is -1.63. The van der Waals surface area contributed by atoms with E-state index in [0.29, 0.717) is 10.2 Å². The van der Waals surface area contributed by atoms with Crippen molar-refractivity contribution in [1.29, 1.82) is 0 Å². The number of carbonyl (C=O) groups excluding carboxylic acids is 1. The number of rotatable bonds is 4. The van der Waals surface area contributed by atoms with Gasteiger partial charge in [-0.3, -0.25) is 4.79 Å². The Morgan fingerprint density at radius 2 is 2.05 bits per heavy atom. The summed E-state index contributed by atoms with van der Waals surface area (Å²) in [6.45, 7) is -0.352. The van der Waals surface area contributed by atoms with Crippen molar-refractivity contribution in [2.75, 3.05) is 11.9 Å². The molecule has 2 rings (SSSR count). The van der Waals surface area contributed by atoms with E-state index < -0.39 is 17.8 Å². The highest BCUT2D eigenvalue weighted by Crippen LogP contribution is 2.25. The second-order valence-electron chi connectivity index (χ2n) is 5.02. The number of hydrogen-bond acceptors (Lipinski definition) is 2. The Morgan fingerprint density at radius 1 is 1.38 bits per heavy atom. The summed E-state index contributed by atoms with van der Waals surface area (Å²) in [5.74, 6) is -1.54. The summed E-state index contributed by atoms with van der Waals surface area (Å²) in [7, 11) is 0. The number of carbonyl (C=O) groups is 2. The first-order valence-electron chi connectivity index (χ1n) is 6.72. The van der Waals surface area contributed by atoms with Gasteiger partial charge in [-0.05, 0) is 47.0 Å².